The van der Waals surface area contributed by atoms with Crippen LogP contribution >= 0.6 is 0 Å². The van der Waals surface area contributed by atoms with Gasteiger partial charge in [0.1, 0.15) is 12.2 Å². The molecule has 2 fully saturated rings. The van der Waals surface area contributed by atoms with E-state index < -0.39 is 5.92 Å². The van der Waals surface area contributed by atoms with Crippen LogP contribution in [0.4, 0.5) is 0 Å². The molecule has 0 heterocycles. The fourth-order valence-corrected chi connectivity index (χ4v) is 5.39. The van der Waals surface area contributed by atoms with E-state index >= 15 is 0 Å². The molecule has 0 aromatic heterocycles. The fraction of sp³-hybridized carbons (Fsp3) is 0.920. The lowest BCUT2D eigenvalue weighted by Gasteiger charge is -2.38. The molecule has 0 N–H and O–H groups in total. The van der Waals surface area contributed by atoms with Crippen LogP contribution in [0.1, 0.15) is 93.4 Å². The predicted molar refractivity (Wildman–Crippen MR) is 116 cm³/mol. The van der Waals surface area contributed by atoms with Crippen molar-refractivity contribution in [2.45, 2.75) is 106 Å². The molecule has 0 bridgehead atoms. The minimum absolute atomic E-state index is 0.0776. The van der Waals surface area contributed by atoms with Crippen LogP contribution in [0.5, 0.6) is 0 Å². The van der Waals surface area contributed by atoms with Gasteiger partial charge in [-0.05, 0) is 67.6 Å². The van der Waals surface area contributed by atoms with Crippen molar-refractivity contribution in [1.29, 1.82) is 0 Å². The number of carbonyl (C=O) groups is 2. The average molecular weight is 409 g/mol. The molecule has 2 aliphatic rings. The molecule has 6 unspecified atom stereocenters. The van der Waals surface area contributed by atoms with Crippen LogP contribution in [0, 0.1) is 41.4 Å². The standard InChI is InChI=1S/C25H44O4/c1-8-19(24(26)28-22-13-17(6)9-11-20(22)15(2)3)25(27)29-23-14-18(7)10-12-21(23)16(4)5/h15-23H,8-14H2,1-7H3. The number of rotatable bonds is 7. The van der Waals surface area contributed by atoms with E-state index in [0.29, 0.717) is 41.9 Å². The van der Waals surface area contributed by atoms with Gasteiger partial charge in [-0.1, -0.05) is 61.3 Å². The summed E-state index contributed by atoms with van der Waals surface area (Å²) in [4.78, 5) is 25.9. The molecular formula is C25H44O4. The summed E-state index contributed by atoms with van der Waals surface area (Å²) in [5.41, 5.74) is 0. The largest absolute Gasteiger partial charge is 0.461 e. The first-order valence-electron chi connectivity index (χ1n) is 12.0. The predicted octanol–water partition coefficient (Wildman–Crippen LogP) is 6.02. The van der Waals surface area contributed by atoms with Crippen molar-refractivity contribution in [1.82, 2.24) is 0 Å². The van der Waals surface area contributed by atoms with Crippen molar-refractivity contribution in [2.75, 3.05) is 0 Å². The molecule has 0 saturated heterocycles. The van der Waals surface area contributed by atoms with Crippen molar-refractivity contribution in [3.63, 3.8) is 0 Å². The molecule has 0 radical (unpaired) electrons. The van der Waals surface area contributed by atoms with Gasteiger partial charge in [0.15, 0.2) is 5.92 Å². The van der Waals surface area contributed by atoms with Crippen molar-refractivity contribution in [2.24, 2.45) is 41.4 Å². The summed E-state index contributed by atoms with van der Waals surface area (Å²) in [6, 6.07) is 0. The van der Waals surface area contributed by atoms with Gasteiger partial charge in [0.25, 0.3) is 0 Å². The first kappa shape index (κ1) is 24.2. The summed E-state index contributed by atoms with van der Waals surface area (Å²) in [6.45, 7) is 15.1. The Morgan fingerprint density at radius 3 is 1.45 bits per heavy atom. The van der Waals surface area contributed by atoms with Crippen LogP contribution in [-0.4, -0.2) is 24.1 Å². The Morgan fingerprint density at radius 2 is 1.14 bits per heavy atom. The number of carbonyl (C=O) groups excluding carboxylic acids is 2. The van der Waals surface area contributed by atoms with Crippen LogP contribution in [-0.2, 0) is 19.1 Å². The molecule has 29 heavy (non-hydrogen) atoms. The topological polar surface area (TPSA) is 52.6 Å². The van der Waals surface area contributed by atoms with Gasteiger partial charge in [0.05, 0.1) is 0 Å². The highest BCUT2D eigenvalue weighted by Crippen LogP contribution is 2.37. The first-order valence-corrected chi connectivity index (χ1v) is 12.0. The Kier molecular flexibility index (Phi) is 9.03. The van der Waals surface area contributed by atoms with Crippen LogP contribution in [0.2, 0.25) is 0 Å². The molecule has 0 aromatic rings. The third-order valence-corrected chi connectivity index (χ3v) is 7.43. The highest BCUT2D eigenvalue weighted by molar-refractivity contribution is 5.95. The van der Waals surface area contributed by atoms with E-state index in [-0.39, 0.29) is 24.1 Å². The number of esters is 2. The third kappa shape index (κ3) is 6.46. The maximum Gasteiger partial charge on any atom is 0.320 e. The van der Waals surface area contributed by atoms with E-state index in [1.54, 1.807) is 0 Å². The van der Waals surface area contributed by atoms with Gasteiger partial charge >= 0.3 is 11.9 Å². The molecular weight excluding hydrogens is 364 g/mol. The van der Waals surface area contributed by atoms with Gasteiger partial charge in [-0.25, -0.2) is 0 Å². The van der Waals surface area contributed by atoms with E-state index in [1.165, 1.54) is 12.8 Å². The van der Waals surface area contributed by atoms with E-state index in [1.807, 2.05) is 6.92 Å². The molecule has 0 amide bonds. The van der Waals surface area contributed by atoms with Crippen molar-refractivity contribution in [3.8, 4) is 0 Å². The molecule has 6 atom stereocenters. The minimum atomic E-state index is -0.801. The van der Waals surface area contributed by atoms with Crippen molar-refractivity contribution >= 4 is 11.9 Å². The number of ether oxygens (including phenoxy) is 2. The molecule has 2 saturated carbocycles. The van der Waals surface area contributed by atoms with E-state index in [0.717, 1.165) is 25.7 Å². The average Bonchev–Trinajstić information content (AvgIpc) is 2.61. The SMILES string of the molecule is CCC(C(=O)OC1CC(C)CCC1C(C)C)C(=O)OC1CC(C)CCC1C(C)C. The number of hydrogen-bond donors (Lipinski definition) is 0. The fourth-order valence-electron chi connectivity index (χ4n) is 5.39. The summed E-state index contributed by atoms with van der Waals surface area (Å²) < 4.78 is 11.9. The lowest BCUT2D eigenvalue weighted by atomic mass is 9.75. The minimum Gasteiger partial charge on any atom is -0.461 e. The summed E-state index contributed by atoms with van der Waals surface area (Å²) in [6.07, 6.45) is 6.63. The van der Waals surface area contributed by atoms with Crippen LogP contribution in [0.3, 0.4) is 0 Å². The van der Waals surface area contributed by atoms with Crippen molar-refractivity contribution in [3.05, 3.63) is 0 Å². The Balaban J connectivity index is 2.02. The quantitative estimate of drug-likeness (QED) is 0.382. The van der Waals surface area contributed by atoms with Gasteiger partial charge in [-0.15, -0.1) is 0 Å². The highest BCUT2D eigenvalue weighted by Gasteiger charge is 2.39. The molecule has 168 valence electrons. The van der Waals surface area contributed by atoms with Gasteiger partial charge in [-0.3, -0.25) is 9.59 Å². The van der Waals surface area contributed by atoms with E-state index in [4.69, 9.17) is 9.47 Å². The molecule has 4 nitrogen and oxygen atoms in total. The summed E-state index contributed by atoms with van der Waals surface area (Å²) >= 11 is 0. The molecule has 0 aromatic carbocycles. The van der Waals surface area contributed by atoms with Gasteiger partial charge < -0.3 is 9.47 Å². The lowest BCUT2D eigenvalue weighted by molar-refractivity contribution is -0.175. The Morgan fingerprint density at radius 1 is 0.759 bits per heavy atom. The highest BCUT2D eigenvalue weighted by atomic mass is 16.6. The Labute approximate surface area is 178 Å². The van der Waals surface area contributed by atoms with Crippen molar-refractivity contribution < 1.29 is 19.1 Å². The molecule has 2 aliphatic carbocycles. The zero-order valence-electron chi connectivity index (χ0n) is 19.8. The van der Waals surface area contributed by atoms with E-state index in [9.17, 15) is 9.59 Å². The summed E-state index contributed by atoms with van der Waals surface area (Å²) in [7, 11) is 0. The number of hydrogen-bond acceptors (Lipinski definition) is 4. The van der Waals surface area contributed by atoms with E-state index in [2.05, 4.69) is 41.5 Å². The maximum atomic E-state index is 13.0. The maximum absolute atomic E-state index is 13.0. The van der Waals surface area contributed by atoms with Gasteiger partial charge in [0, 0.05) is 0 Å². The summed E-state index contributed by atoms with van der Waals surface area (Å²) in [5.74, 6) is 1.27. The Bertz CT molecular complexity index is 495. The second kappa shape index (κ2) is 10.8. The normalized spacial score (nSPS) is 34.1. The lowest BCUT2D eigenvalue weighted by Crippen LogP contribution is -2.41. The third-order valence-electron chi connectivity index (χ3n) is 7.43. The second-order valence-electron chi connectivity index (χ2n) is 10.6. The van der Waals surface area contributed by atoms with Gasteiger partial charge in [0.2, 0.25) is 0 Å². The smallest absolute Gasteiger partial charge is 0.320 e. The molecule has 0 spiro atoms. The van der Waals surface area contributed by atoms with Gasteiger partial charge in [-0.2, -0.15) is 0 Å². The molecule has 4 heteroatoms. The van der Waals surface area contributed by atoms with Crippen LogP contribution in [0.15, 0.2) is 0 Å². The monoisotopic (exact) mass is 408 g/mol. The zero-order valence-corrected chi connectivity index (χ0v) is 19.8. The second-order valence-corrected chi connectivity index (χ2v) is 10.6. The first-order chi connectivity index (χ1) is 13.6. The Hall–Kier alpha value is -1.06. The summed E-state index contributed by atoms with van der Waals surface area (Å²) in [5, 5.41) is 0. The zero-order chi connectivity index (χ0) is 21.7. The molecule has 2 rings (SSSR count). The molecule has 0 aliphatic heterocycles. The van der Waals surface area contributed by atoms with Crippen LogP contribution < -0.4 is 0 Å². The van der Waals surface area contributed by atoms with Crippen LogP contribution in [0.25, 0.3) is 0 Å².